The molecule has 1 aromatic heterocycles. The number of amides is 3. The van der Waals surface area contributed by atoms with Gasteiger partial charge in [-0.15, -0.1) is 0 Å². The van der Waals surface area contributed by atoms with Crippen molar-refractivity contribution in [2.24, 2.45) is 11.7 Å². The van der Waals surface area contributed by atoms with Crippen molar-refractivity contribution in [2.75, 3.05) is 0 Å². The van der Waals surface area contributed by atoms with Gasteiger partial charge in [0.05, 0.1) is 32.2 Å². The molecule has 5 atom stereocenters. The smallest absolute Gasteiger partial charge is 0.408 e. The van der Waals surface area contributed by atoms with E-state index >= 15 is 0 Å². The third-order valence-electron chi connectivity index (χ3n) is 10.6. The number of H-pyrrole nitrogens is 1. The number of hydrogen-bond donors (Lipinski definition) is 6. The largest absolute Gasteiger partial charge is 0.506 e. The standard InChI is InChI=1S/C37H38Cl2N5O6PS/c1-3-18(2)28(33(40)52)43-35(47)37(12-11-25-23(16-37)22-14-21(38)15-24(39)29(22)42-25)44-34(46)26(50-36(48)41-17-19-7-5-4-6-8-19)10-9-20-13-27-30(45)32-31(20)51(27,32)49/h4-8,13-15,18,26,28,42,45H,3,9-12,16-17H2,1-2H3,(H2,40,52)(H,41,48)(H,43,47)(H,44,46). The molecule has 15 heteroatoms. The molecule has 0 saturated heterocycles. The lowest BCUT2D eigenvalue weighted by Gasteiger charge is -2.39. The molecule has 0 fully saturated rings. The second kappa shape index (κ2) is 13.7. The SMILES string of the molecule is CCC(C)C(NC(=O)C1(NC(=O)C(CCC2=CC3=C(O)C4=C2P34=O)OC(=O)NCc2ccccc2)CCc2[nH]c3c(Cl)cc(Cl)cc3c2C1)C(N)=S. The number of alkyl carbamates (subject to hydrolysis) is 1. The first-order valence-corrected chi connectivity index (χ1v) is 20.0. The Morgan fingerprint density at radius 1 is 1.17 bits per heavy atom. The number of aryl methyl sites for hydroxylation is 1. The molecule has 0 bridgehead atoms. The van der Waals surface area contributed by atoms with Gasteiger partial charge in [-0.2, -0.15) is 0 Å². The highest BCUT2D eigenvalue weighted by Crippen LogP contribution is 2.95. The number of aromatic amines is 1. The number of carbonyl (C=O) groups excluding carboxylic acids is 3. The lowest BCUT2D eigenvalue weighted by atomic mass is 9.78. The number of benzene rings is 2. The highest BCUT2D eigenvalue weighted by atomic mass is 35.5. The highest BCUT2D eigenvalue weighted by Gasteiger charge is 2.67. The zero-order chi connectivity index (χ0) is 37.1. The summed E-state index contributed by atoms with van der Waals surface area (Å²) in [5, 5.41) is 22.0. The van der Waals surface area contributed by atoms with Crippen LogP contribution in [0.15, 0.2) is 75.8 Å². The molecule has 0 spiro atoms. The summed E-state index contributed by atoms with van der Waals surface area (Å²) in [5.74, 6) is -1.17. The number of fused-ring (bicyclic) bond motifs is 3. The second-order valence-corrected chi connectivity index (χ2v) is 17.8. The topological polar surface area (TPSA) is 176 Å². The number of halogens is 2. The summed E-state index contributed by atoms with van der Waals surface area (Å²) < 4.78 is 18.8. The summed E-state index contributed by atoms with van der Waals surface area (Å²) >= 11 is 18.3. The Hall–Kier alpha value is -4.09. The summed E-state index contributed by atoms with van der Waals surface area (Å²) in [6.07, 6.45) is 1.17. The Bertz CT molecular complexity index is 2200. The number of carbonyl (C=O) groups is 3. The van der Waals surface area contributed by atoms with Crippen molar-refractivity contribution in [2.45, 2.75) is 76.6 Å². The molecule has 7 N–H and O–H groups in total. The van der Waals surface area contributed by atoms with E-state index in [9.17, 15) is 24.1 Å². The van der Waals surface area contributed by atoms with Crippen molar-refractivity contribution in [1.29, 1.82) is 0 Å². The number of ether oxygens (including phenoxy) is 1. The molecule has 7 rings (SSSR count). The average Bonchev–Trinajstić information content (AvgIpc) is 3.34. The fraction of sp³-hybridized carbons (Fsp3) is 0.351. The maximum Gasteiger partial charge on any atom is 0.408 e. The van der Waals surface area contributed by atoms with Gasteiger partial charge in [-0.05, 0) is 66.5 Å². The molecule has 52 heavy (non-hydrogen) atoms. The molecule has 0 saturated carbocycles. The van der Waals surface area contributed by atoms with E-state index < -0.39 is 42.7 Å². The molecule has 2 aromatic carbocycles. The minimum absolute atomic E-state index is 0.0326. The summed E-state index contributed by atoms with van der Waals surface area (Å²) in [5.41, 5.74) is 8.49. The van der Waals surface area contributed by atoms with Gasteiger partial charge < -0.3 is 41.1 Å². The number of aromatic nitrogens is 1. The van der Waals surface area contributed by atoms with Gasteiger partial charge in [-0.25, -0.2) is 4.79 Å². The van der Waals surface area contributed by atoms with Gasteiger partial charge >= 0.3 is 6.09 Å². The quantitative estimate of drug-likeness (QED) is 0.0792. The molecule has 11 nitrogen and oxygen atoms in total. The molecule has 0 radical (unpaired) electrons. The predicted octanol–water partition coefficient (Wildman–Crippen LogP) is 7.02. The minimum atomic E-state index is -2.72. The normalized spacial score (nSPS) is 22.7. The van der Waals surface area contributed by atoms with Crippen LogP contribution < -0.4 is 21.7 Å². The average molecular weight is 783 g/mol. The van der Waals surface area contributed by atoms with Crippen molar-refractivity contribution < 1.29 is 28.8 Å². The lowest BCUT2D eigenvalue weighted by Crippen LogP contribution is -2.65. The van der Waals surface area contributed by atoms with Crippen LogP contribution in [0.4, 0.5) is 4.79 Å². The van der Waals surface area contributed by atoms with Crippen LogP contribution in [0.1, 0.15) is 56.4 Å². The minimum Gasteiger partial charge on any atom is -0.506 e. The van der Waals surface area contributed by atoms with E-state index in [2.05, 4.69) is 20.9 Å². The molecule has 5 unspecified atom stereocenters. The predicted molar refractivity (Wildman–Crippen MR) is 205 cm³/mol. The van der Waals surface area contributed by atoms with Crippen LogP contribution in [-0.2, 0) is 38.3 Å². The zero-order valence-electron chi connectivity index (χ0n) is 28.5. The summed E-state index contributed by atoms with van der Waals surface area (Å²) in [6.45, 7) is 4.07. The van der Waals surface area contributed by atoms with Gasteiger partial charge in [0.25, 0.3) is 5.91 Å². The number of nitrogens with one attached hydrogen (secondary N) is 4. The van der Waals surface area contributed by atoms with Crippen LogP contribution >= 0.6 is 42.6 Å². The Morgan fingerprint density at radius 2 is 1.92 bits per heavy atom. The van der Waals surface area contributed by atoms with E-state index in [0.717, 1.165) is 27.8 Å². The van der Waals surface area contributed by atoms with Crippen LogP contribution in [0, 0.1) is 5.92 Å². The molecule has 272 valence electrons. The van der Waals surface area contributed by atoms with Crippen molar-refractivity contribution in [1.82, 2.24) is 20.9 Å². The molecule has 1 aliphatic carbocycles. The van der Waals surface area contributed by atoms with E-state index in [1.165, 1.54) is 0 Å². The van der Waals surface area contributed by atoms with Gasteiger partial charge in [0.1, 0.15) is 11.3 Å². The lowest BCUT2D eigenvalue weighted by molar-refractivity contribution is -0.139. The Balaban J connectivity index is 1.18. The number of aliphatic hydroxyl groups is 1. The van der Waals surface area contributed by atoms with E-state index in [0.29, 0.717) is 44.3 Å². The molecule has 3 aromatic rings. The Labute approximate surface area is 315 Å². The van der Waals surface area contributed by atoms with Gasteiger partial charge in [0.2, 0.25) is 5.91 Å². The second-order valence-electron chi connectivity index (χ2n) is 13.9. The third-order valence-corrected chi connectivity index (χ3v) is 14.4. The fourth-order valence-electron chi connectivity index (χ4n) is 7.51. The van der Waals surface area contributed by atoms with Crippen LogP contribution in [-0.4, -0.2) is 50.7 Å². The van der Waals surface area contributed by atoms with E-state index in [1.807, 2.05) is 44.2 Å². The molecule has 4 heterocycles. The first kappa shape index (κ1) is 36.3. The third kappa shape index (κ3) is 6.23. The fourth-order valence-corrected chi connectivity index (χ4v) is 11.4. The van der Waals surface area contributed by atoms with E-state index in [4.69, 9.17) is 45.9 Å². The number of thiocarbonyl (C=S) groups is 1. The van der Waals surface area contributed by atoms with Crippen LogP contribution in [0.3, 0.4) is 0 Å². The molecule has 3 amide bonds. The number of nitrogens with two attached hydrogens (primary N) is 1. The van der Waals surface area contributed by atoms with E-state index in [1.54, 1.807) is 18.2 Å². The van der Waals surface area contributed by atoms with Crippen molar-refractivity contribution in [3.05, 3.63) is 103 Å². The van der Waals surface area contributed by atoms with Crippen LogP contribution in [0.2, 0.25) is 10.0 Å². The van der Waals surface area contributed by atoms with Gasteiger partial charge in [-0.1, -0.05) is 86.0 Å². The summed E-state index contributed by atoms with van der Waals surface area (Å²) in [4.78, 5) is 45.6. The Morgan fingerprint density at radius 3 is 2.58 bits per heavy atom. The number of allylic oxidation sites excluding steroid dienone is 5. The highest BCUT2D eigenvalue weighted by molar-refractivity contribution is 7.86. The Kier molecular flexibility index (Phi) is 9.57. The number of aliphatic hydroxyl groups excluding tert-OH is 1. The molecule has 4 aliphatic rings. The maximum absolute atomic E-state index is 14.5. The maximum atomic E-state index is 14.5. The van der Waals surface area contributed by atoms with Crippen LogP contribution in [0.25, 0.3) is 10.9 Å². The summed E-state index contributed by atoms with van der Waals surface area (Å²) in [6, 6.07) is 12.0. The van der Waals surface area contributed by atoms with Crippen molar-refractivity contribution in [3.8, 4) is 0 Å². The molecule has 3 aliphatic heterocycles. The van der Waals surface area contributed by atoms with Crippen LogP contribution in [0.5, 0.6) is 0 Å². The van der Waals surface area contributed by atoms with Gasteiger partial charge in [-0.3, -0.25) is 9.59 Å². The van der Waals surface area contributed by atoms with Gasteiger partial charge in [0.15, 0.2) is 13.2 Å². The monoisotopic (exact) mass is 781 g/mol. The summed E-state index contributed by atoms with van der Waals surface area (Å²) in [7, 11) is -2.72. The molecular weight excluding hydrogens is 744 g/mol. The van der Waals surface area contributed by atoms with Crippen molar-refractivity contribution in [3.63, 3.8) is 0 Å². The first-order valence-electron chi connectivity index (χ1n) is 17.2. The zero-order valence-corrected chi connectivity index (χ0v) is 31.7. The first-order chi connectivity index (χ1) is 24.8. The van der Waals surface area contributed by atoms with Gasteiger partial charge in [0, 0.05) is 34.4 Å². The number of hydrogen-bond acceptors (Lipinski definition) is 7. The van der Waals surface area contributed by atoms with Crippen molar-refractivity contribution >= 4 is 76.4 Å². The van der Waals surface area contributed by atoms with E-state index in [-0.39, 0.29) is 48.9 Å². The molecular formula is C37H38Cl2N5O6PS. The number of rotatable bonds is 13.